The van der Waals surface area contributed by atoms with E-state index in [1.807, 2.05) is 69.6 Å². The predicted octanol–water partition coefficient (Wildman–Crippen LogP) is 3.27. The van der Waals surface area contributed by atoms with Crippen LogP contribution in [0.1, 0.15) is 45.5 Å². The molecule has 0 saturated carbocycles. The van der Waals surface area contributed by atoms with Gasteiger partial charge in [-0.25, -0.2) is 8.42 Å². The number of hydrazine groups is 1. The lowest BCUT2D eigenvalue weighted by Crippen LogP contribution is -2.48. The molecule has 1 aromatic heterocycles. The second kappa shape index (κ2) is 9.47. The second-order valence-electron chi connectivity index (χ2n) is 9.38. The average Bonchev–Trinajstić information content (AvgIpc) is 3.18. The molecule has 2 heterocycles. The Morgan fingerprint density at radius 2 is 1.54 bits per heavy atom. The number of para-hydroxylation sites is 1. The summed E-state index contributed by atoms with van der Waals surface area (Å²) in [6.07, 6.45) is 2.50. The summed E-state index contributed by atoms with van der Waals surface area (Å²) in [7, 11) is -1.81. The van der Waals surface area contributed by atoms with Crippen LogP contribution in [-0.2, 0) is 21.9 Å². The van der Waals surface area contributed by atoms with Crippen molar-refractivity contribution in [1.29, 1.82) is 0 Å². The Balaban J connectivity index is 1.39. The summed E-state index contributed by atoms with van der Waals surface area (Å²) in [5.41, 5.74) is 9.87. The molecule has 186 valence electrons. The first kappa shape index (κ1) is 24.9. The minimum atomic E-state index is -3.67. The second-order valence-corrected chi connectivity index (χ2v) is 11.3. The maximum atomic E-state index is 13.5. The summed E-state index contributed by atoms with van der Waals surface area (Å²) in [6.45, 7) is 8.03. The number of fused-ring (bicyclic) bond motifs is 1. The molecule has 3 aromatic rings. The molecular weight excluding hydrogens is 464 g/mol. The SMILES string of the molecule is Cc1cc(C)c(C)c(S(=O)(=O)N2CCC(C(=O)NNC(=O)c3cn(C)c4ccccc34)CC2)c1C. The molecule has 2 amide bonds. The zero-order chi connectivity index (χ0) is 25.5. The number of carbonyl (C=O) groups excluding carboxylic acids is 2. The van der Waals surface area contributed by atoms with E-state index in [1.54, 1.807) is 6.20 Å². The first-order valence-electron chi connectivity index (χ1n) is 11.7. The molecule has 0 atom stereocenters. The van der Waals surface area contributed by atoms with Crippen LogP contribution in [0.15, 0.2) is 41.4 Å². The minimum absolute atomic E-state index is 0.254. The number of hydrogen-bond donors (Lipinski definition) is 2. The number of aromatic nitrogens is 1. The van der Waals surface area contributed by atoms with Gasteiger partial charge in [0.1, 0.15) is 0 Å². The third-order valence-electron chi connectivity index (χ3n) is 7.16. The van der Waals surface area contributed by atoms with Gasteiger partial charge >= 0.3 is 0 Å². The van der Waals surface area contributed by atoms with Gasteiger partial charge < -0.3 is 4.57 Å². The van der Waals surface area contributed by atoms with E-state index < -0.39 is 15.9 Å². The third kappa shape index (κ3) is 4.58. The van der Waals surface area contributed by atoms with Crippen LogP contribution < -0.4 is 10.9 Å². The molecule has 0 spiro atoms. The number of sulfonamides is 1. The molecule has 1 fully saturated rings. The van der Waals surface area contributed by atoms with Crippen molar-refractivity contribution in [1.82, 2.24) is 19.7 Å². The summed E-state index contributed by atoms with van der Waals surface area (Å²) < 4.78 is 30.2. The molecule has 1 aliphatic heterocycles. The number of rotatable bonds is 4. The van der Waals surface area contributed by atoms with E-state index in [4.69, 9.17) is 0 Å². The number of hydrogen-bond acceptors (Lipinski definition) is 4. The van der Waals surface area contributed by atoms with Gasteiger partial charge in [-0.2, -0.15) is 4.31 Å². The number of amides is 2. The zero-order valence-corrected chi connectivity index (χ0v) is 21.6. The largest absolute Gasteiger partial charge is 0.350 e. The fraction of sp³-hybridized carbons (Fsp3) is 0.385. The van der Waals surface area contributed by atoms with Gasteiger partial charge in [0.25, 0.3) is 5.91 Å². The molecule has 1 saturated heterocycles. The highest BCUT2D eigenvalue weighted by atomic mass is 32.2. The first-order valence-corrected chi connectivity index (χ1v) is 13.2. The van der Waals surface area contributed by atoms with Crippen molar-refractivity contribution in [2.45, 2.75) is 45.4 Å². The van der Waals surface area contributed by atoms with Crippen LogP contribution in [0.5, 0.6) is 0 Å². The average molecular weight is 497 g/mol. The molecule has 0 aliphatic carbocycles. The Labute approximate surface area is 206 Å². The Morgan fingerprint density at radius 1 is 0.943 bits per heavy atom. The van der Waals surface area contributed by atoms with E-state index in [0.29, 0.717) is 23.3 Å². The van der Waals surface area contributed by atoms with Crippen molar-refractivity contribution in [3.63, 3.8) is 0 Å². The van der Waals surface area contributed by atoms with Crippen LogP contribution in [0.3, 0.4) is 0 Å². The molecule has 0 unspecified atom stereocenters. The van der Waals surface area contributed by atoms with Gasteiger partial charge in [-0.05, 0) is 68.9 Å². The number of benzene rings is 2. The summed E-state index contributed by atoms with van der Waals surface area (Å²) in [5.74, 6) is -1.08. The normalized spacial score (nSPS) is 15.3. The lowest BCUT2D eigenvalue weighted by Gasteiger charge is -2.31. The number of nitrogens with one attached hydrogen (secondary N) is 2. The molecular formula is C26H32N4O4S. The standard InChI is InChI=1S/C26H32N4O4S/c1-16-14-17(2)19(4)24(18(16)3)35(33,34)30-12-10-20(11-13-30)25(31)27-28-26(32)22-15-29(5)23-9-7-6-8-21(22)23/h6-9,14-15,20H,10-13H2,1-5H3,(H,27,31)(H,28,32). The number of nitrogens with zero attached hydrogens (tertiary/aromatic N) is 2. The topological polar surface area (TPSA) is 101 Å². The van der Waals surface area contributed by atoms with Crippen LogP contribution >= 0.6 is 0 Å². The first-order chi connectivity index (χ1) is 16.5. The fourth-order valence-corrected chi connectivity index (χ4v) is 6.91. The van der Waals surface area contributed by atoms with Crippen LogP contribution in [0, 0.1) is 33.6 Å². The highest BCUT2D eigenvalue weighted by molar-refractivity contribution is 7.89. The zero-order valence-electron chi connectivity index (χ0n) is 20.8. The molecule has 35 heavy (non-hydrogen) atoms. The van der Waals surface area contributed by atoms with Crippen LogP contribution in [0.4, 0.5) is 0 Å². The smallest absolute Gasteiger partial charge is 0.271 e. The molecule has 2 aromatic carbocycles. The van der Waals surface area contributed by atoms with E-state index in [9.17, 15) is 18.0 Å². The molecule has 8 nitrogen and oxygen atoms in total. The summed E-state index contributed by atoms with van der Waals surface area (Å²) >= 11 is 0. The number of piperidine rings is 1. The quantitative estimate of drug-likeness (QED) is 0.542. The summed E-state index contributed by atoms with van der Waals surface area (Å²) in [4.78, 5) is 25.8. The van der Waals surface area contributed by atoms with Gasteiger partial charge in [-0.15, -0.1) is 0 Å². The van der Waals surface area contributed by atoms with Gasteiger partial charge in [0.05, 0.1) is 10.5 Å². The predicted molar refractivity (Wildman–Crippen MR) is 135 cm³/mol. The van der Waals surface area contributed by atoms with Gasteiger partial charge in [0.15, 0.2) is 0 Å². The minimum Gasteiger partial charge on any atom is -0.350 e. The molecule has 4 rings (SSSR count). The highest BCUT2D eigenvalue weighted by Crippen LogP contribution is 2.31. The Bertz CT molecular complexity index is 1390. The monoisotopic (exact) mass is 496 g/mol. The van der Waals surface area contributed by atoms with Crippen molar-refractivity contribution < 1.29 is 18.0 Å². The Kier molecular flexibility index (Phi) is 6.75. The highest BCUT2D eigenvalue weighted by Gasteiger charge is 2.34. The number of aryl methyl sites for hydroxylation is 3. The lowest BCUT2D eigenvalue weighted by atomic mass is 9.98. The maximum Gasteiger partial charge on any atom is 0.271 e. The van der Waals surface area contributed by atoms with Crippen LogP contribution in [0.25, 0.3) is 10.9 Å². The molecule has 9 heteroatoms. The van der Waals surface area contributed by atoms with Gasteiger partial charge in [0, 0.05) is 43.2 Å². The van der Waals surface area contributed by atoms with Crippen molar-refractivity contribution >= 4 is 32.7 Å². The summed E-state index contributed by atoms with van der Waals surface area (Å²) in [5, 5.41) is 0.803. The lowest BCUT2D eigenvalue weighted by molar-refractivity contribution is -0.126. The third-order valence-corrected chi connectivity index (χ3v) is 9.33. The summed E-state index contributed by atoms with van der Waals surface area (Å²) in [6, 6.07) is 9.56. The molecule has 0 radical (unpaired) electrons. The van der Waals surface area contributed by atoms with E-state index in [-0.39, 0.29) is 24.9 Å². The molecule has 2 N–H and O–H groups in total. The van der Waals surface area contributed by atoms with E-state index in [0.717, 1.165) is 33.2 Å². The van der Waals surface area contributed by atoms with Gasteiger partial charge in [-0.3, -0.25) is 20.4 Å². The van der Waals surface area contributed by atoms with Crippen LogP contribution in [-0.4, -0.2) is 42.2 Å². The van der Waals surface area contributed by atoms with Gasteiger partial charge in [-0.1, -0.05) is 24.3 Å². The van der Waals surface area contributed by atoms with Crippen LogP contribution in [0.2, 0.25) is 0 Å². The Hall–Kier alpha value is -3.17. The van der Waals surface area contributed by atoms with Crippen molar-refractivity contribution in [2.75, 3.05) is 13.1 Å². The van der Waals surface area contributed by atoms with E-state index in [2.05, 4.69) is 10.9 Å². The Morgan fingerprint density at radius 3 is 2.17 bits per heavy atom. The van der Waals surface area contributed by atoms with Crippen molar-refractivity contribution in [2.24, 2.45) is 13.0 Å². The fourth-order valence-electron chi connectivity index (χ4n) is 4.87. The number of carbonyl (C=O) groups is 2. The van der Waals surface area contributed by atoms with Gasteiger partial charge in [0.2, 0.25) is 15.9 Å². The van der Waals surface area contributed by atoms with Crippen molar-refractivity contribution in [3.8, 4) is 0 Å². The van der Waals surface area contributed by atoms with E-state index >= 15 is 0 Å². The maximum absolute atomic E-state index is 13.5. The molecule has 1 aliphatic rings. The van der Waals surface area contributed by atoms with E-state index in [1.165, 1.54) is 4.31 Å². The molecule has 0 bridgehead atoms. The van der Waals surface area contributed by atoms with Crippen molar-refractivity contribution in [3.05, 3.63) is 64.3 Å².